The van der Waals surface area contributed by atoms with Crippen LogP contribution in [0.5, 0.6) is 0 Å². The SMILES string of the molecule is C=CCCCC(c1ccc(C(C)Nc2ncc3cnc(=O)n(C(C)C)c3n2)cc1)N1CC2(CN(C(=O)C=C)C2)C1. The summed E-state index contributed by atoms with van der Waals surface area (Å²) in [5.41, 5.74) is 2.94. The topological polar surface area (TPSA) is 96.2 Å². The van der Waals surface area contributed by atoms with Gasteiger partial charge in [0.15, 0.2) is 5.65 Å². The van der Waals surface area contributed by atoms with E-state index in [-0.39, 0.29) is 29.1 Å². The Balaban J connectivity index is 1.27. The van der Waals surface area contributed by atoms with Crippen molar-refractivity contribution in [2.24, 2.45) is 5.41 Å². The number of hydrogen-bond donors (Lipinski definition) is 1. The zero-order chi connectivity index (χ0) is 28.4. The maximum Gasteiger partial charge on any atom is 0.349 e. The lowest BCUT2D eigenvalue weighted by Crippen LogP contribution is -2.72. The molecule has 1 spiro atoms. The van der Waals surface area contributed by atoms with Crippen molar-refractivity contribution in [2.45, 2.75) is 58.2 Å². The summed E-state index contributed by atoms with van der Waals surface area (Å²) < 4.78 is 1.59. The van der Waals surface area contributed by atoms with Crippen molar-refractivity contribution in [2.75, 3.05) is 31.5 Å². The number of unbranched alkanes of at least 4 members (excludes halogenated alkanes) is 1. The molecular formula is C31H39N7O2. The van der Waals surface area contributed by atoms with E-state index < -0.39 is 0 Å². The summed E-state index contributed by atoms with van der Waals surface area (Å²) in [7, 11) is 0. The van der Waals surface area contributed by atoms with Crippen molar-refractivity contribution in [1.82, 2.24) is 29.3 Å². The number of fused-ring (bicyclic) bond motifs is 1. The summed E-state index contributed by atoms with van der Waals surface area (Å²) in [5, 5.41) is 4.13. The number of hydrogen-bond acceptors (Lipinski definition) is 7. The quantitative estimate of drug-likeness (QED) is 0.214. The molecule has 2 unspecified atom stereocenters. The molecule has 1 aromatic carbocycles. The third-order valence-electron chi connectivity index (χ3n) is 8.17. The first kappa shape index (κ1) is 27.7. The fourth-order valence-electron chi connectivity index (χ4n) is 6.06. The van der Waals surface area contributed by atoms with Crippen LogP contribution in [0.15, 0.2) is 66.8 Å². The van der Waals surface area contributed by atoms with Crippen LogP contribution >= 0.6 is 0 Å². The number of aromatic nitrogens is 4. The van der Waals surface area contributed by atoms with Gasteiger partial charge in [-0.15, -0.1) is 6.58 Å². The van der Waals surface area contributed by atoms with Gasteiger partial charge in [-0.25, -0.2) is 14.8 Å². The molecule has 2 aliphatic rings. The summed E-state index contributed by atoms with van der Waals surface area (Å²) >= 11 is 0. The highest BCUT2D eigenvalue weighted by Crippen LogP contribution is 2.45. The van der Waals surface area contributed by atoms with Crippen molar-refractivity contribution in [3.63, 3.8) is 0 Å². The molecule has 0 saturated carbocycles. The van der Waals surface area contributed by atoms with Crippen LogP contribution < -0.4 is 11.0 Å². The molecule has 0 aliphatic carbocycles. The monoisotopic (exact) mass is 541 g/mol. The normalized spacial score (nSPS) is 17.8. The number of rotatable bonds is 11. The van der Waals surface area contributed by atoms with Crippen molar-refractivity contribution in [1.29, 1.82) is 0 Å². The van der Waals surface area contributed by atoms with E-state index in [0.29, 0.717) is 17.6 Å². The van der Waals surface area contributed by atoms with Crippen molar-refractivity contribution in [3.05, 3.63) is 83.6 Å². The number of amides is 1. The Morgan fingerprint density at radius 2 is 1.73 bits per heavy atom. The van der Waals surface area contributed by atoms with Crippen LogP contribution in [0, 0.1) is 5.41 Å². The maximum absolute atomic E-state index is 12.3. The fraction of sp³-hybridized carbons (Fsp3) is 0.452. The van der Waals surface area contributed by atoms with Gasteiger partial charge in [0.1, 0.15) is 0 Å². The average molecular weight is 542 g/mol. The number of allylic oxidation sites excluding steroid dienone is 1. The summed E-state index contributed by atoms with van der Waals surface area (Å²) in [6.07, 6.45) is 9.79. The lowest BCUT2D eigenvalue weighted by molar-refractivity contribution is -0.159. The Morgan fingerprint density at radius 3 is 2.38 bits per heavy atom. The number of nitrogens with one attached hydrogen (secondary N) is 1. The van der Waals surface area contributed by atoms with Crippen LogP contribution in [0.25, 0.3) is 11.0 Å². The molecule has 4 heterocycles. The Kier molecular flexibility index (Phi) is 7.85. The fourth-order valence-corrected chi connectivity index (χ4v) is 6.06. The van der Waals surface area contributed by atoms with Gasteiger partial charge in [-0.3, -0.25) is 14.3 Å². The van der Waals surface area contributed by atoms with Crippen LogP contribution in [0.4, 0.5) is 5.95 Å². The first-order chi connectivity index (χ1) is 19.2. The molecule has 1 N–H and O–H groups in total. The Hall–Kier alpha value is -3.85. The first-order valence-corrected chi connectivity index (χ1v) is 14.1. The van der Waals surface area contributed by atoms with E-state index in [4.69, 9.17) is 0 Å². The van der Waals surface area contributed by atoms with Crippen LogP contribution in [-0.2, 0) is 4.79 Å². The van der Waals surface area contributed by atoms with Gasteiger partial charge < -0.3 is 10.2 Å². The van der Waals surface area contributed by atoms with Gasteiger partial charge in [-0.05, 0) is 57.2 Å². The Morgan fingerprint density at radius 1 is 1.05 bits per heavy atom. The van der Waals surface area contributed by atoms with Gasteiger partial charge in [0.05, 0.1) is 11.4 Å². The van der Waals surface area contributed by atoms with Crippen LogP contribution in [0.3, 0.4) is 0 Å². The Bertz CT molecular complexity index is 1450. The highest BCUT2D eigenvalue weighted by Gasteiger charge is 2.54. The molecule has 40 heavy (non-hydrogen) atoms. The minimum absolute atomic E-state index is 0.0255. The molecule has 1 amide bonds. The molecule has 9 heteroatoms. The lowest BCUT2D eigenvalue weighted by Gasteiger charge is -2.62. The predicted octanol–water partition coefficient (Wildman–Crippen LogP) is 4.67. The molecule has 2 saturated heterocycles. The second-order valence-corrected chi connectivity index (χ2v) is 11.5. The van der Waals surface area contributed by atoms with Crippen LogP contribution in [0.1, 0.15) is 69.3 Å². The summed E-state index contributed by atoms with van der Waals surface area (Å²) in [4.78, 5) is 41.7. The summed E-state index contributed by atoms with van der Waals surface area (Å²) in [5.74, 6) is 0.507. The van der Waals surface area contributed by atoms with Crippen molar-refractivity contribution in [3.8, 4) is 0 Å². The molecule has 2 atom stereocenters. The van der Waals surface area contributed by atoms with E-state index in [1.165, 1.54) is 17.8 Å². The zero-order valence-corrected chi connectivity index (χ0v) is 23.7. The third-order valence-corrected chi connectivity index (χ3v) is 8.17. The second-order valence-electron chi connectivity index (χ2n) is 11.5. The highest BCUT2D eigenvalue weighted by molar-refractivity contribution is 5.87. The number of benzene rings is 1. The van der Waals surface area contributed by atoms with E-state index in [2.05, 4.69) is 69.5 Å². The third kappa shape index (κ3) is 5.43. The van der Waals surface area contributed by atoms with Gasteiger partial charge in [-0.2, -0.15) is 4.98 Å². The van der Waals surface area contributed by atoms with Gasteiger partial charge in [-0.1, -0.05) is 36.9 Å². The van der Waals surface area contributed by atoms with Gasteiger partial charge in [0.2, 0.25) is 11.9 Å². The molecule has 2 fully saturated rings. The standard InChI is InChI=1S/C31H39N7O2/c1-6-8-9-10-26(36-17-31(18-36)19-37(20-31)27(39)7-2)24-13-11-23(12-14-24)22(5)34-29-32-15-25-16-33-30(40)38(21(3)4)28(25)35-29/h6-7,11-16,21-22,26H,1-2,8-10,17-20H2,3-5H3,(H,32,34,35). The molecule has 2 aromatic heterocycles. The molecule has 0 radical (unpaired) electrons. The predicted molar refractivity (Wildman–Crippen MR) is 158 cm³/mol. The molecule has 210 valence electrons. The number of carbonyl (C=O) groups is 1. The highest BCUT2D eigenvalue weighted by atomic mass is 16.2. The lowest BCUT2D eigenvalue weighted by atomic mass is 9.71. The van der Waals surface area contributed by atoms with E-state index in [0.717, 1.165) is 56.4 Å². The van der Waals surface area contributed by atoms with E-state index >= 15 is 0 Å². The zero-order valence-electron chi connectivity index (χ0n) is 23.7. The largest absolute Gasteiger partial charge is 0.349 e. The second kappa shape index (κ2) is 11.3. The average Bonchev–Trinajstić information content (AvgIpc) is 2.90. The van der Waals surface area contributed by atoms with Gasteiger partial charge in [0.25, 0.3) is 0 Å². The van der Waals surface area contributed by atoms with Gasteiger partial charge in [0, 0.05) is 56.1 Å². The molecule has 3 aromatic rings. The molecular weight excluding hydrogens is 502 g/mol. The molecule has 5 rings (SSSR count). The number of anilines is 1. The first-order valence-electron chi connectivity index (χ1n) is 14.1. The van der Waals surface area contributed by atoms with Gasteiger partial charge >= 0.3 is 5.69 Å². The smallest absolute Gasteiger partial charge is 0.348 e. The molecule has 0 bridgehead atoms. The number of likely N-dealkylation sites (tertiary alicyclic amines) is 2. The van der Waals surface area contributed by atoms with E-state index in [1.54, 1.807) is 10.8 Å². The minimum atomic E-state index is -0.313. The molecule has 2 aliphatic heterocycles. The van der Waals surface area contributed by atoms with Crippen LogP contribution in [0.2, 0.25) is 0 Å². The van der Waals surface area contributed by atoms with Crippen LogP contribution in [-0.4, -0.2) is 61.4 Å². The summed E-state index contributed by atoms with van der Waals surface area (Å²) in [6, 6.07) is 9.07. The minimum Gasteiger partial charge on any atom is -0.348 e. The number of carbonyl (C=O) groups excluding carboxylic acids is 1. The van der Waals surface area contributed by atoms with Crippen molar-refractivity contribution < 1.29 is 4.79 Å². The summed E-state index contributed by atoms with van der Waals surface area (Å²) in [6.45, 7) is 17.2. The molecule has 9 nitrogen and oxygen atoms in total. The maximum atomic E-state index is 12.3. The number of nitrogens with zero attached hydrogens (tertiary/aromatic N) is 6. The Labute approximate surface area is 235 Å². The van der Waals surface area contributed by atoms with E-state index in [9.17, 15) is 9.59 Å². The van der Waals surface area contributed by atoms with Crippen molar-refractivity contribution >= 4 is 22.9 Å². The van der Waals surface area contributed by atoms with E-state index in [1.807, 2.05) is 24.8 Å².